The minimum absolute atomic E-state index is 0.0516. The van der Waals surface area contributed by atoms with Gasteiger partial charge in [-0.05, 0) is 75.8 Å². The molecule has 0 radical (unpaired) electrons. The third kappa shape index (κ3) is 9.43. The Labute approximate surface area is 189 Å². The van der Waals surface area contributed by atoms with Gasteiger partial charge in [-0.3, -0.25) is 9.59 Å². The van der Waals surface area contributed by atoms with E-state index in [4.69, 9.17) is 21.1 Å². The average Bonchev–Trinajstić information content (AvgIpc) is 3.06. The highest BCUT2D eigenvalue weighted by atomic mass is 35.5. The molecule has 5 nitrogen and oxygen atoms in total. The Hall–Kier alpha value is -2.53. The van der Waals surface area contributed by atoms with Crippen LogP contribution in [-0.4, -0.2) is 29.6 Å². The fourth-order valence-corrected chi connectivity index (χ4v) is 3.45. The topological polar surface area (TPSA) is 72.8 Å². The van der Waals surface area contributed by atoms with E-state index in [9.17, 15) is 14.7 Å². The number of aliphatic hydroxyl groups excluding tert-OH is 1. The number of ketones is 1. The van der Waals surface area contributed by atoms with Gasteiger partial charge in [-0.25, -0.2) is 0 Å². The molecule has 0 bridgehead atoms. The van der Waals surface area contributed by atoms with Gasteiger partial charge < -0.3 is 14.6 Å². The van der Waals surface area contributed by atoms with Crippen molar-refractivity contribution in [1.29, 1.82) is 0 Å². The third-order valence-corrected chi connectivity index (χ3v) is 5.03. The van der Waals surface area contributed by atoms with Crippen LogP contribution in [0.15, 0.2) is 59.4 Å². The summed E-state index contributed by atoms with van der Waals surface area (Å²) in [6.45, 7) is 3.72. The number of carbonyl (C=O) groups excluding carboxylic acids is 2. The summed E-state index contributed by atoms with van der Waals surface area (Å²) in [6.07, 6.45) is 9.85. The number of rotatable bonds is 12. The van der Waals surface area contributed by atoms with E-state index in [1.165, 1.54) is 0 Å². The summed E-state index contributed by atoms with van der Waals surface area (Å²) in [7, 11) is 0. The van der Waals surface area contributed by atoms with Gasteiger partial charge >= 0.3 is 5.97 Å². The molecule has 2 rings (SSSR count). The third-order valence-electron chi connectivity index (χ3n) is 4.79. The van der Waals surface area contributed by atoms with Gasteiger partial charge in [0.1, 0.15) is 18.1 Å². The van der Waals surface area contributed by atoms with E-state index >= 15 is 0 Å². The molecule has 0 unspecified atom stereocenters. The van der Waals surface area contributed by atoms with Gasteiger partial charge in [-0.15, -0.1) is 0 Å². The Morgan fingerprint density at radius 2 is 2.03 bits per heavy atom. The first-order valence-electron chi connectivity index (χ1n) is 10.7. The minimum Gasteiger partial charge on any atom is -0.509 e. The highest BCUT2D eigenvalue weighted by Gasteiger charge is 2.21. The molecule has 168 valence electrons. The highest BCUT2D eigenvalue weighted by molar-refractivity contribution is 6.30. The van der Waals surface area contributed by atoms with Crippen LogP contribution < -0.4 is 4.74 Å². The van der Waals surface area contributed by atoms with Gasteiger partial charge in [-0.1, -0.05) is 35.4 Å². The summed E-state index contributed by atoms with van der Waals surface area (Å²) < 4.78 is 10.6. The van der Waals surface area contributed by atoms with Crippen molar-refractivity contribution in [2.45, 2.75) is 64.9 Å². The van der Waals surface area contributed by atoms with Crippen LogP contribution >= 0.6 is 11.6 Å². The quantitative estimate of drug-likeness (QED) is 0.177. The number of esters is 1. The molecule has 1 aromatic carbocycles. The molecule has 1 aliphatic rings. The monoisotopic (exact) mass is 446 g/mol. The first-order valence-corrected chi connectivity index (χ1v) is 11.1. The lowest BCUT2D eigenvalue weighted by Gasteiger charge is -2.07. The largest absolute Gasteiger partial charge is 0.509 e. The lowest BCUT2D eigenvalue weighted by Crippen LogP contribution is -2.10. The fourth-order valence-electron chi connectivity index (χ4n) is 3.27. The van der Waals surface area contributed by atoms with Gasteiger partial charge in [0.15, 0.2) is 5.78 Å². The van der Waals surface area contributed by atoms with Crippen LogP contribution in [0.3, 0.4) is 0 Å². The molecular formula is C25H31ClO5. The maximum atomic E-state index is 12.2. The maximum Gasteiger partial charge on any atom is 0.306 e. The zero-order valence-electron chi connectivity index (χ0n) is 18.2. The van der Waals surface area contributed by atoms with Gasteiger partial charge in [-0.2, -0.15) is 0 Å². The Morgan fingerprint density at radius 3 is 2.77 bits per heavy atom. The molecule has 0 atom stereocenters. The first kappa shape index (κ1) is 24.7. The van der Waals surface area contributed by atoms with Crippen molar-refractivity contribution in [3.05, 3.63) is 64.4 Å². The Bertz CT molecular complexity index is 851. The Kier molecular flexibility index (Phi) is 10.4. The molecule has 1 aliphatic carbocycles. The van der Waals surface area contributed by atoms with Crippen LogP contribution in [-0.2, 0) is 14.3 Å². The summed E-state index contributed by atoms with van der Waals surface area (Å²) in [5.41, 5.74) is 1.89. The second-order valence-corrected chi connectivity index (χ2v) is 8.19. The summed E-state index contributed by atoms with van der Waals surface area (Å²) >= 11 is 5.92. The number of aliphatic hydroxyl groups is 1. The number of unbranched alkanes of at least 4 members (excludes halogenated alkanes) is 1. The van der Waals surface area contributed by atoms with Crippen LogP contribution in [0.5, 0.6) is 5.75 Å². The Balaban J connectivity index is 1.79. The summed E-state index contributed by atoms with van der Waals surface area (Å²) in [4.78, 5) is 23.7. The minimum atomic E-state index is -0.176. The van der Waals surface area contributed by atoms with E-state index in [0.717, 1.165) is 30.4 Å². The lowest BCUT2D eigenvalue weighted by molar-refractivity contribution is -0.147. The van der Waals surface area contributed by atoms with E-state index in [-0.39, 0.29) is 30.2 Å². The number of ether oxygens (including phenoxy) is 2. The zero-order chi connectivity index (χ0) is 22.6. The molecule has 31 heavy (non-hydrogen) atoms. The molecule has 0 spiro atoms. The molecule has 0 aliphatic heterocycles. The standard InChI is InChI=1S/C25H31ClO5/c1-18(2)31-25(29)11-6-4-3-5-10-23-19(13-15-24(23)28)12-14-21(27)17-30-22-9-7-8-20(26)16-22/h3,5,7-9,14,16,18,27H,4,6,10-13,15,17H2,1-2H3/b5-3?,21-14-. The smallest absolute Gasteiger partial charge is 0.306 e. The molecular weight excluding hydrogens is 416 g/mol. The lowest BCUT2D eigenvalue weighted by atomic mass is 10.0. The molecule has 0 saturated carbocycles. The van der Waals surface area contributed by atoms with E-state index in [1.54, 1.807) is 30.3 Å². The van der Waals surface area contributed by atoms with E-state index in [1.807, 2.05) is 26.0 Å². The van der Waals surface area contributed by atoms with Crippen LogP contribution in [0.1, 0.15) is 58.8 Å². The van der Waals surface area contributed by atoms with Gasteiger partial charge in [0.05, 0.1) is 6.10 Å². The van der Waals surface area contributed by atoms with Crippen LogP contribution in [0.25, 0.3) is 0 Å². The summed E-state index contributed by atoms with van der Waals surface area (Å²) in [5.74, 6) is 0.703. The molecule has 0 heterocycles. The number of allylic oxidation sites excluding steroid dienone is 5. The van der Waals surface area contributed by atoms with Crippen molar-refractivity contribution in [2.75, 3.05) is 6.61 Å². The van der Waals surface area contributed by atoms with Gasteiger partial charge in [0.25, 0.3) is 0 Å². The van der Waals surface area contributed by atoms with Gasteiger partial charge in [0.2, 0.25) is 0 Å². The maximum absolute atomic E-state index is 12.2. The molecule has 0 aromatic heterocycles. The first-order chi connectivity index (χ1) is 14.8. The molecule has 0 amide bonds. The van der Waals surface area contributed by atoms with Crippen molar-refractivity contribution in [3.8, 4) is 5.75 Å². The van der Waals surface area contributed by atoms with Crippen LogP contribution in [0, 0.1) is 0 Å². The van der Waals surface area contributed by atoms with E-state index in [0.29, 0.717) is 36.5 Å². The van der Waals surface area contributed by atoms with Gasteiger partial charge in [0, 0.05) is 17.9 Å². The summed E-state index contributed by atoms with van der Waals surface area (Å²) in [5, 5.41) is 10.7. The zero-order valence-corrected chi connectivity index (χ0v) is 19.0. The van der Waals surface area contributed by atoms with E-state index < -0.39 is 0 Å². The second-order valence-electron chi connectivity index (χ2n) is 7.76. The van der Waals surface area contributed by atoms with Crippen molar-refractivity contribution in [1.82, 2.24) is 0 Å². The van der Waals surface area contributed by atoms with Crippen LogP contribution in [0.4, 0.5) is 0 Å². The number of hydrogen-bond acceptors (Lipinski definition) is 5. The summed E-state index contributed by atoms with van der Waals surface area (Å²) in [6, 6.07) is 6.99. The highest BCUT2D eigenvalue weighted by Crippen LogP contribution is 2.29. The predicted molar refractivity (Wildman–Crippen MR) is 122 cm³/mol. The molecule has 0 fully saturated rings. The molecule has 1 N–H and O–H groups in total. The Morgan fingerprint density at radius 1 is 1.23 bits per heavy atom. The second kappa shape index (κ2) is 13.0. The average molecular weight is 447 g/mol. The SMILES string of the molecule is CC(C)OC(=O)CCCC=CCC1=C(C/C=C(\O)COc2cccc(Cl)c2)CCC1=O. The van der Waals surface area contributed by atoms with Crippen LogP contribution in [0.2, 0.25) is 5.02 Å². The molecule has 1 aromatic rings. The molecule has 0 saturated heterocycles. The number of halogens is 1. The number of Topliss-reactive ketones (excluding diaryl/α,β-unsaturated/α-hetero) is 1. The van der Waals surface area contributed by atoms with Crippen molar-refractivity contribution < 1.29 is 24.2 Å². The van der Waals surface area contributed by atoms with Crippen molar-refractivity contribution in [3.63, 3.8) is 0 Å². The number of hydrogen-bond donors (Lipinski definition) is 1. The predicted octanol–water partition coefficient (Wildman–Crippen LogP) is 6.28. The molecule has 6 heteroatoms. The van der Waals surface area contributed by atoms with Crippen molar-refractivity contribution in [2.24, 2.45) is 0 Å². The van der Waals surface area contributed by atoms with Crippen molar-refractivity contribution >= 4 is 23.4 Å². The fraction of sp³-hybridized carbons (Fsp3) is 0.440. The normalized spacial score (nSPS) is 14.7. The number of carbonyl (C=O) groups is 2. The van der Waals surface area contributed by atoms with E-state index in [2.05, 4.69) is 0 Å². The number of benzene rings is 1.